The van der Waals surface area contributed by atoms with Gasteiger partial charge in [0.25, 0.3) is 5.91 Å². The van der Waals surface area contributed by atoms with E-state index in [9.17, 15) is 13.2 Å². The molecule has 0 aliphatic carbocycles. The molecule has 1 amide bonds. The molecule has 0 saturated heterocycles. The van der Waals surface area contributed by atoms with Crippen molar-refractivity contribution in [2.45, 2.75) is 18.4 Å². The maximum atomic E-state index is 12.6. The SMILES string of the molecule is COc1ccc(C)cc1-c1csc(NC(=O)c2ccc(S(=O)(=O)NCc3cccs3)cc2)n1. The lowest BCUT2D eigenvalue weighted by Gasteiger charge is -2.07. The summed E-state index contributed by atoms with van der Waals surface area (Å²) in [5, 5.41) is 6.94. The van der Waals surface area contributed by atoms with Crippen LogP contribution in [0.25, 0.3) is 11.3 Å². The molecule has 7 nitrogen and oxygen atoms in total. The third-order valence-corrected chi connectivity index (χ3v) is 7.85. The van der Waals surface area contributed by atoms with E-state index in [1.807, 2.05) is 48.0 Å². The first-order chi connectivity index (χ1) is 15.9. The quantitative estimate of drug-likeness (QED) is 0.359. The number of nitrogens with zero attached hydrogens (tertiary/aromatic N) is 1. The summed E-state index contributed by atoms with van der Waals surface area (Å²) in [7, 11) is -2.07. The lowest BCUT2D eigenvalue weighted by atomic mass is 10.1. The van der Waals surface area contributed by atoms with Crippen molar-refractivity contribution in [3.05, 3.63) is 81.4 Å². The second kappa shape index (κ2) is 9.84. The molecule has 33 heavy (non-hydrogen) atoms. The number of ether oxygens (including phenoxy) is 1. The molecule has 0 fully saturated rings. The van der Waals surface area contributed by atoms with Crippen molar-refractivity contribution < 1.29 is 17.9 Å². The number of aryl methyl sites for hydroxylation is 1. The van der Waals surface area contributed by atoms with E-state index in [0.717, 1.165) is 16.0 Å². The Kier molecular flexibility index (Phi) is 6.89. The Morgan fingerprint density at radius 2 is 1.88 bits per heavy atom. The van der Waals surface area contributed by atoms with E-state index in [-0.39, 0.29) is 17.3 Å². The first-order valence-electron chi connectivity index (χ1n) is 9.90. The summed E-state index contributed by atoms with van der Waals surface area (Å²) in [6, 6.07) is 15.3. The first-order valence-corrected chi connectivity index (χ1v) is 13.1. The van der Waals surface area contributed by atoms with E-state index >= 15 is 0 Å². The second-order valence-electron chi connectivity index (χ2n) is 7.12. The van der Waals surface area contributed by atoms with Crippen molar-refractivity contribution in [2.75, 3.05) is 12.4 Å². The van der Waals surface area contributed by atoms with E-state index in [1.54, 1.807) is 7.11 Å². The van der Waals surface area contributed by atoms with Gasteiger partial charge in [-0.1, -0.05) is 17.7 Å². The minimum Gasteiger partial charge on any atom is -0.496 e. The zero-order chi connectivity index (χ0) is 23.4. The van der Waals surface area contributed by atoms with E-state index in [0.29, 0.717) is 22.1 Å². The van der Waals surface area contributed by atoms with Gasteiger partial charge in [0.05, 0.1) is 17.7 Å². The fourth-order valence-electron chi connectivity index (χ4n) is 3.09. The van der Waals surface area contributed by atoms with Crippen molar-refractivity contribution >= 4 is 43.7 Å². The van der Waals surface area contributed by atoms with Gasteiger partial charge in [-0.15, -0.1) is 22.7 Å². The largest absolute Gasteiger partial charge is 0.496 e. The highest BCUT2D eigenvalue weighted by molar-refractivity contribution is 7.89. The molecule has 170 valence electrons. The average molecular weight is 500 g/mol. The number of rotatable bonds is 8. The van der Waals surface area contributed by atoms with Crippen LogP contribution in [0.5, 0.6) is 5.75 Å². The number of carbonyl (C=O) groups is 1. The molecular formula is C23H21N3O4S3. The third kappa shape index (κ3) is 5.48. The van der Waals surface area contributed by atoms with Gasteiger partial charge in [0.15, 0.2) is 5.13 Å². The van der Waals surface area contributed by atoms with Crippen molar-refractivity contribution in [1.82, 2.24) is 9.71 Å². The summed E-state index contributed by atoms with van der Waals surface area (Å²) in [4.78, 5) is 18.2. The number of hydrogen-bond acceptors (Lipinski definition) is 7. The van der Waals surface area contributed by atoms with Crippen molar-refractivity contribution in [3.63, 3.8) is 0 Å². The van der Waals surface area contributed by atoms with Gasteiger partial charge in [0.1, 0.15) is 5.75 Å². The maximum absolute atomic E-state index is 12.6. The van der Waals surface area contributed by atoms with Crippen LogP contribution in [0.1, 0.15) is 20.8 Å². The van der Waals surface area contributed by atoms with E-state index in [4.69, 9.17) is 4.74 Å². The molecule has 0 spiro atoms. The molecule has 2 N–H and O–H groups in total. The lowest BCUT2D eigenvalue weighted by molar-refractivity contribution is 0.102. The fraction of sp³-hybridized carbons (Fsp3) is 0.130. The molecule has 4 rings (SSSR count). The Balaban J connectivity index is 1.44. The molecule has 0 bridgehead atoms. The van der Waals surface area contributed by atoms with Crippen LogP contribution in [0, 0.1) is 6.92 Å². The number of thiazole rings is 1. The smallest absolute Gasteiger partial charge is 0.257 e. The number of sulfonamides is 1. The standard InChI is InChI=1S/C23H21N3O4S3/c1-15-5-10-21(30-2)19(12-15)20-14-32-23(25-20)26-22(27)16-6-8-18(9-7-16)33(28,29)24-13-17-4-3-11-31-17/h3-12,14,24H,13H2,1-2H3,(H,25,26,27). The molecule has 2 aromatic heterocycles. The predicted octanol–water partition coefficient (Wildman–Crippen LogP) is 4.92. The average Bonchev–Trinajstić information content (AvgIpc) is 3.50. The van der Waals surface area contributed by atoms with Gasteiger partial charge >= 0.3 is 0 Å². The summed E-state index contributed by atoms with van der Waals surface area (Å²) in [6.45, 7) is 2.21. The lowest BCUT2D eigenvalue weighted by Crippen LogP contribution is -2.23. The van der Waals surface area contributed by atoms with Crippen LogP contribution in [-0.4, -0.2) is 26.4 Å². The number of amides is 1. The van der Waals surface area contributed by atoms with Gasteiger partial charge < -0.3 is 4.74 Å². The fourth-order valence-corrected chi connectivity index (χ4v) is 5.54. The Morgan fingerprint density at radius 1 is 1.09 bits per heavy atom. The molecule has 0 radical (unpaired) electrons. The van der Waals surface area contributed by atoms with Gasteiger partial charge in [-0.3, -0.25) is 10.1 Å². The van der Waals surface area contributed by atoms with Crippen LogP contribution in [0.3, 0.4) is 0 Å². The molecular weight excluding hydrogens is 478 g/mol. The molecule has 0 aliphatic rings. The van der Waals surface area contributed by atoms with Gasteiger partial charge in [-0.05, 0) is 54.8 Å². The number of hydrogen-bond donors (Lipinski definition) is 2. The number of carbonyl (C=O) groups excluding carboxylic acids is 1. The number of methoxy groups -OCH3 is 1. The molecule has 2 heterocycles. The molecule has 4 aromatic rings. The number of thiophene rings is 1. The number of anilines is 1. The van der Waals surface area contributed by atoms with Crippen molar-refractivity contribution in [3.8, 4) is 17.0 Å². The van der Waals surface area contributed by atoms with E-state index in [2.05, 4.69) is 15.0 Å². The summed E-state index contributed by atoms with van der Waals surface area (Å²) in [5.41, 5.74) is 2.95. The van der Waals surface area contributed by atoms with Crippen LogP contribution in [0.15, 0.2) is 70.3 Å². The highest BCUT2D eigenvalue weighted by atomic mass is 32.2. The normalized spacial score (nSPS) is 11.3. The Morgan fingerprint density at radius 3 is 2.58 bits per heavy atom. The molecule has 2 aromatic carbocycles. The first kappa shape index (κ1) is 23.1. The summed E-state index contributed by atoms with van der Waals surface area (Å²) < 4.78 is 33.0. The van der Waals surface area contributed by atoms with E-state index in [1.165, 1.54) is 46.9 Å². The molecule has 0 saturated carbocycles. The maximum Gasteiger partial charge on any atom is 0.257 e. The molecule has 0 atom stereocenters. The summed E-state index contributed by atoms with van der Waals surface area (Å²) in [6.07, 6.45) is 0. The third-order valence-electron chi connectivity index (χ3n) is 4.80. The number of aromatic nitrogens is 1. The van der Waals surface area contributed by atoms with Crippen LogP contribution in [0.4, 0.5) is 5.13 Å². The van der Waals surface area contributed by atoms with Crippen molar-refractivity contribution in [1.29, 1.82) is 0 Å². The molecule has 0 unspecified atom stereocenters. The van der Waals surface area contributed by atoms with Crippen LogP contribution >= 0.6 is 22.7 Å². The van der Waals surface area contributed by atoms with Gasteiger partial charge in [0, 0.05) is 27.9 Å². The number of benzene rings is 2. The van der Waals surface area contributed by atoms with Crippen molar-refractivity contribution in [2.24, 2.45) is 0 Å². The molecule has 10 heteroatoms. The summed E-state index contributed by atoms with van der Waals surface area (Å²) >= 11 is 2.78. The van der Waals surface area contributed by atoms with Gasteiger partial charge in [-0.2, -0.15) is 0 Å². The Hall–Kier alpha value is -3.05. The minimum atomic E-state index is -3.67. The van der Waals surface area contributed by atoms with E-state index < -0.39 is 10.0 Å². The van der Waals surface area contributed by atoms with Crippen LogP contribution in [0.2, 0.25) is 0 Å². The predicted molar refractivity (Wildman–Crippen MR) is 132 cm³/mol. The zero-order valence-corrected chi connectivity index (χ0v) is 20.3. The zero-order valence-electron chi connectivity index (χ0n) is 17.9. The Labute approximate surface area is 200 Å². The minimum absolute atomic E-state index is 0.0960. The van der Waals surface area contributed by atoms with Crippen LogP contribution < -0.4 is 14.8 Å². The highest BCUT2D eigenvalue weighted by Crippen LogP contribution is 2.33. The highest BCUT2D eigenvalue weighted by Gasteiger charge is 2.16. The monoisotopic (exact) mass is 499 g/mol. The summed E-state index contributed by atoms with van der Waals surface area (Å²) in [5.74, 6) is 0.330. The molecule has 0 aliphatic heterocycles. The topological polar surface area (TPSA) is 97.4 Å². The number of nitrogens with one attached hydrogen (secondary N) is 2. The van der Waals surface area contributed by atoms with Gasteiger partial charge in [-0.25, -0.2) is 18.1 Å². The second-order valence-corrected chi connectivity index (χ2v) is 10.8. The van der Waals surface area contributed by atoms with Gasteiger partial charge in [0.2, 0.25) is 10.0 Å². The van der Waals surface area contributed by atoms with Crippen LogP contribution in [-0.2, 0) is 16.6 Å². The Bertz CT molecular complexity index is 1360.